The fourth-order valence-corrected chi connectivity index (χ4v) is 4.38. The Kier molecular flexibility index (Phi) is 4.55. The molecular weight excluding hydrogens is 366 g/mol. The number of aliphatic imine (C=N–C) groups is 2. The summed E-state index contributed by atoms with van der Waals surface area (Å²) in [5.41, 5.74) is 8.16. The standard InChI is InChI=1S/C21H25N7O/c22-13-5-1-2-6-14(13)26-17-10-16-18(21(29)25-11-24-16)20(28-17)27-15-7-3-4-12-8-9-23-19(12)15/h3-4,7-11,13-14,16,18,23,26H,1-2,5-6,22H2,(H,27,28)(H,24,25,29)/t13-,14+,16?,18?/m0/s1. The molecule has 1 aliphatic carbocycles. The summed E-state index contributed by atoms with van der Waals surface area (Å²) >= 11 is 0. The highest BCUT2D eigenvalue weighted by molar-refractivity contribution is 6.15. The Bertz CT molecular complexity index is 1020. The van der Waals surface area contributed by atoms with Crippen LogP contribution in [0.4, 0.5) is 5.69 Å². The maximum atomic E-state index is 12.6. The lowest BCUT2D eigenvalue weighted by Crippen LogP contribution is -2.51. The van der Waals surface area contributed by atoms with E-state index in [0.717, 1.165) is 41.7 Å². The predicted molar refractivity (Wildman–Crippen MR) is 115 cm³/mol. The van der Waals surface area contributed by atoms with E-state index in [2.05, 4.69) is 25.9 Å². The molecule has 150 valence electrons. The van der Waals surface area contributed by atoms with Gasteiger partial charge in [0.15, 0.2) is 0 Å². The minimum absolute atomic E-state index is 0.111. The Morgan fingerprint density at radius 3 is 2.97 bits per heavy atom. The van der Waals surface area contributed by atoms with Gasteiger partial charge in [0.2, 0.25) is 5.91 Å². The van der Waals surface area contributed by atoms with Gasteiger partial charge in [-0.2, -0.15) is 0 Å². The summed E-state index contributed by atoms with van der Waals surface area (Å²) in [7, 11) is 0. The number of amidine groups is 1. The molecule has 1 amide bonds. The van der Waals surface area contributed by atoms with Gasteiger partial charge in [-0.25, -0.2) is 4.99 Å². The quantitative estimate of drug-likeness (QED) is 0.548. The zero-order valence-corrected chi connectivity index (χ0v) is 16.1. The lowest BCUT2D eigenvalue weighted by atomic mass is 9.90. The van der Waals surface area contributed by atoms with Crippen molar-refractivity contribution in [3.8, 4) is 0 Å². The van der Waals surface area contributed by atoms with E-state index >= 15 is 0 Å². The molecule has 5 rings (SSSR count). The van der Waals surface area contributed by atoms with Gasteiger partial charge in [-0.15, -0.1) is 0 Å². The zero-order chi connectivity index (χ0) is 19.8. The van der Waals surface area contributed by atoms with Gasteiger partial charge in [0.25, 0.3) is 0 Å². The highest BCUT2D eigenvalue weighted by Gasteiger charge is 2.37. The molecule has 8 heteroatoms. The lowest BCUT2D eigenvalue weighted by Gasteiger charge is -2.34. The van der Waals surface area contributed by atoms with Crippen LogP contribution in [0, 0.1) is 5.92 Å². The molecule has 3 aliphatic rings. The molecule has 2 aliphatic heterocycles. The van der Waals surface area contributed by atoms with Crippen molar-refractivity contribution in [1.29, 1.82) is 0 Å². The van der Waals surface area contributed by atoms with Crippen LogP contribution >= 0.6 is 0 Å². The van der Waals surface area contributed by atoms with Crippen LogP contribution in [0.1, 0.15) is 25.7 Å². The van der Waals surface area contributed by atoms with Crippen LogP contribution in [-0.4, -0.2) is 41.2 Å². The fraction of sp³-hybridized carbons (Fsp3) is 0.381. The SMILES string of the molecule is N[C@H]1CCCC[C@H]1NC1=CC2N=CNC(=O)C2C(Nc2cccc3cc[nH]c23)=N1. The monoisotopic (exact) mass is 391 g/mol. The van der Waals surface area contributed by atoms with E-state index in [9.17, 15) is 4.79 Å². The molecule has 29 heavy (non-hydrogen) atoms. The molecule has 6 N–H and O–H groups in total. The van der Waals surface area contributed by atoms with E-state index < -0.39 is 5.92 Å². The third kappa shape index (κ3) is 3.40. The largest absolute Gasteiger partial charge is 0.366 e. The molecule has 0 spiro atoms. The first-order valence-corrected chi connectivity index (χ1v) is 10.2. The van der Waals surface area contributed by atoms with E-state index in [1.54, 1.807) is 0 Å². The molecule has 3 heterocycles. The normalized spacial score (nSPS) is 28.9. The number of nitrogens with zero attached hydrogens (tertiary/aromatic N) is 2. The number of nitrogens with two attached hydrogens (primary N) is 1. The van der Waals surface area contributed by atoms with Crippen molar-refractivity contribution in [2.24, 2.45) is 21.6 Å². The van der Waals surface area contributed by atoms with Crippen LogP contribution in [0.2, 0.25) is 0 Å². The second-order valence-electron chi connectivity index (χ2n) is 7.88. The number of amides is 1. The van der Waals surface area contributed by atoms with Crippen LogP contribution in [0.5, 0.6) is 0 Å². The number of hydrogen-bond acceptors (Lipinski definition) is 6. The van der Waals surface area contributed by atoms with Crippen molar-refractivity contribution in [1.82, 2.24) is 15.6 Å². The van der Waals surface area contributed by atoms with Gasteiger partial charge in [0.1, 0.15) is 17.6 Å². The average Bonchev–Trinajstić information content (AvgIpc) is 3.20. The van der Waals surface area contributed by atoms with Gasteiger partial charge in [-0.05, 0) is 31.1 Å². The molecular formula is C21H25N7O. The van der Waals surface area contributed by atoms with E-state index in [1.165, 1.54) is 12.8 Å². The van der Waals surface area contributed by atoms with Crippen molar-refractivity contribution in [2.75, 3.05) is 5.32 Å². The van der Waals surface area contributed by atoms with Crippen LogP contribution in [0.25, 0.3) is 10.9 Å². The van der Waals surface area contributed by atoms with Crippen LogP contribution < -0.4 is 21.7 Å². The summed E-state index contributed by atoms with van der Waals surface area (Å²) in [6.45, 7) is 0. The van der Waals surface area contributed by atoms with E-state index in [4.69, 9.17) is 10.7 Å². The minimum atomic E-state index is -0.490. The maximum absolute atomic E-state index is 12.6. The number of para-hydroxylation sites is 1. The number of carbonyl (C=O) groups excluding carboxylic acids is 1. The van der Waals surface area contributed by atoms with Crippen molar-refractivity contribution in [2.45, 2.75) is 43.8 Å². The topological polar surface area (TPSA) is 120 Å². The first kappa shape index (κ1) is 17.9. The number of aromatic amines is 1. The van der Waals surface area contributed by atoms with Crippen molar-refractivity contribution < 1.29 is 4.79 Å². The van der Waals surface area contributed by atoms with Crippen LogP contribution in [-0.2, 0) is 4.79 Å². The summed E-state index contributed by atoms with van der Waals surface area (Å²) in [5.74, 6) is 0.706. The second kappa shape index (κ2) is 7.36. The van der Waals surface area contributed by atoms with E-state index in [-0.39, 0.29) is 24.0 Å². The van der Waals surface area contributed by atoms with Crippen molar-refractivity contribution in [3.63, 3.8) is 0 Å². The van der Waals surface area contributed by atoms with Gasteiger partial charge in [-0.3, -0.25) is 9.79 Å². The number of nitrogens with one attached hydrogen (secondary N) is 4. The molecule has 1 fully saturated rings. The predicted octanol–water partition coefficient (Wildman–Crippen LogP) is 1.84. The number of hydrogen-bond donors (Lipinski definition) is 5. The van der Waals surface area contributed by atoms with E-state index in [0.29, 0.717) is 5.84 Å². The Morgan fingerprint density at radius 2 is 2.07 bits per heavy atom. The van der Waals surface area contributed by atoms with E-state index in [1.807, 2.05) is 36.5 Å². The fourth-order valence-electron chi connectivity index (χ4n) is 4.38. The van der Waals surface area contributed by atoms with Crippen molar-refractivity contribution >= 4 is 34.7 Å². The minimum Gasteiger partial charge on any atom is -0.366 e. The molecule has 0 saturated heterocycles. The Hall–Kier alpha value is -3.13. The number of H-pyrrole nitrogens is 1. The van der Waals surface area contributed by atoms with Gasteiger partial charge >= 0.3 is 0 Å². The molecule has 8 nitrogen and oxygen atoms in total. The van der Waals surface area contributed by atoms with Crippen molar-refractivity contribution in [3.05, 3.63) is 42.4 Å². The number of benzene rings is 1. The third-order valence-electron chi connectivity index (χ3n) is 5.94. The molecule has 0 bridgehead atoms. The van der Waals surface area contributed by atoms with Gasteiger partial charge in [0.05, 0.1) is 23.6 Å². The number of rotatable bonds is 3. The molecule has 0 radical (unpaired) electrons. The van der Waals surface area contributed by atoms with Gasteiger partial charge in [-0.1, -0.05) is 25.0 Å². The first-order valence-electron chi connectivity index (χ1n) is 10.2. The summed E-state index contributed by atoms with van der Waals surface area (Å²) in [6.07, 6.45) is 9.67. The average molecular weight is 391 g/mol. The molecule has 4 atom stereocenters. The number of anilines is 1. The van der Waals surface area contributed by atoms with Crippen LogP contribution in [0.3, 0.4) is 0 Å². The Labute approximate surface area is 168 Å². The summed E-state index contributed by atoms with van der Waals surface area (Å²) in [5, 5.41) is 10.7. The highest BCUT2D eigenvalue weighted by atomic mass is 16.2. The lowest BCUT2D eigenvalue weighted by molar-refractivity contribution is -0.122. The van der Waals surface area contributed by atoms with Gasteiger partial charge < -0.3 is 26.7 Å². The summed E-state index contributed by atoms with van der Waals surface area (Å²) in [4.78, 5) is 25.1. The Balaban J connectivity index is 1.47. The first-order chi connectivity index (χ1) is 14.2. The molecule has 1 saturated carbocycles. The van der Waals surface area contributed by atoms with Gasteiger partial charge in [0, 0.05) is 23.7 Å². The van der Waals surface area contributed by atoms with Crippen LogP contribution in [0.15, 0.2) is 52.3 Å². The summed E-state index contributed by atoms with van der Waals surface area (Å²) in [6, 6.07) is 8.01. The number of carbonyl (C=O) groups is 1. The summed E-state index contributed by atoms with van der Waals surface area (Å²) < 4.78 is 0. The number of aromatic nitrogens is 1. The molecule has 2 unspecified atom stereocenters. The maximum Gasteiger partial charge on any atom is 0.238 e. The molecule has 1 aromatic carbocycles. The zero-order valence-electron chi connectivity index (χ0n) is 16.1. The Morgan fingerprint density at radius 1 is 1.17 bits per heavy atom. The molecule has 2 aromatic rings. The molecule has 1 aromatic heterocycles. The highest BCUT2D eigenvalue weighted by Crippen LogP contribution is 2.27. The smallest absolute Gasteiger partial charge is 0.238 e. The number of fused-ring (bicyclic) bond motifs is 2. The third-order valence-corrected chi connectivity index (χ3v) is 5.94. The second-order valence-corrected chi connectivity index (χ2v) is 7.88.